The molecule has 0 spiro atoms. The van der Waals surface area contributed by atoms with Gasteiger partial charge in [-0.15, -0.1) is 11.3 Å². The van der Waals surface area contributed by atoms with E-state index < -0.39 is 0 Å². The van der Waals surface area contributed by atoms with Gasteiger partial charge in [-0.25, -0.2) is 4.98 Å². The molecule has 1 aromatic carbocycles. The van der Waals surface area contributed by atoms with E-state index in [0.717, 1.165) is 26.2 Å². The number of hydrogen-bond donors (Lipinski definition) is 1. The molecule has 0 saturated carbocycles. The van der Waals surface area contributed by atoms with Crippen LogP contribution in [0.3, 0.4) is 0 Å². The molecule has 2 aromatic rings. The molecular formula is C17H23N3S. The normalized spacial score (nSPS) is 17.8. The van der Waals surface area contributed by atoms with Crippen molar-refractivity contribution in [1.82, 2.24) is 10.3 Å². The molecule has 21 heavy (non-hydrogen) atoms. The highest BCUT2D eigenvalue weighted by atomic mass is 32.1. The predicted octanol–water partition coefficient (Wildman–Crippen LogP) is 3.45. The van der Waals surface area contributed by atoms with Crippen LogP contribution in [0, 0.1) is 5.92 Å². The van der Waals surface area contributed by atoms with Gasteiger partial charge in [0.15, 0.2) is 0 Å². The number of para-hydroxylation sites is 1. The Morgan fingerprint density at radius 1 is 1.38 bits per heavy atom. The van der Waals surface area contributed by atoms with E-state index in [1.54, 1.807) is 11.3 Å². The van der Waals surface area contributed by atoms with E-state index in [1.165, 1.54) is 28.4 Å². The summed E-state index contributed by atoms with van der Waals surface area (Å²) in [5.74, 6) is 0.708. The molecule has 0 saturated heterocycles. The molecule has 112 valence electrons. The van der Waals surface area contributed by atoms with Crippen LogP contribution in [0.4, 0.5) is 5.69 Å². The molecule has 0 bridgehead atoms. The number of rotatable bonds is 5. The summed E-state index contributed by atoms with van der Waals surface area (Å²) in [5.41, 5.74) is 4.05. The highest BCUT2D eigenvalue weighted by molar-refractivity contribution is 7.09. The number of nitrogens with zero attached hydrogens (tertiary/aromatic N) is 2. The summed E-state index contributed by atoms with van der Waals surface area (Å²) in [6, 6.07) is 8.79. The first-order valence-corrected chi connectivity index (χ1v) is 8.61. The number of thiazole rings is 1. The molecule has 0 fully saturated rings. The van der Waals surface area contributed by atoms with Crippen LogP contribution in [0.25, 0.3) is 0 Å². The van der Waals surface area contributed by atoms with Gasteiger partial charge in [0.05, 0.1) is 12.2 Å². The molecule has 0 aliphatic carbocycles. The van der Waals surface area contributed by atoms with Crippen LogP contribution in [0.2, 0.25) is 0 Å². The summed E-state index contributed by atoms with van der Waals surface area (Å²) in [4.78, 5) is 7.24. The Bertz CT molecular complexity index is 593. The Hall–Kier alpha value is -1.39. The molecule has 1 aliphatic heterocycles. The summed E-state index contributed by atoms with van der Waals surface area (Å²) >= 11 is 1.76. The quantitative estimate of drug-likeness (QED) is 0.917. The third kappa shape index (κ3) is 3.44. The summed E-state index contributed by atoms with van der Waals surface area (Å²) in [6.45, 7) is 8.38. The van der Waals surface area contributed by atoms with Crippen molar-refractivity contribution in [2.75, 3.05) is 18.0 Å². The number of aromatic nitrogens is 1. The summed E-state index contributed by atoms with van der Waals surface area (Å²) in [5, 5.41) is 6.73. The third-order valence-electron chi connectivity index (χ3n) is 3.91. The van der Waals surface area contributed by atoms with Gasteiger partial charge < -0.3 is 10.2 Å². The van der Waals surface area contributed by atoms with Gasteiger partial charge in [-0.2, -0.15) is 0 Å². The molecule has 1 unspecified atom stereocenters. The summed E-state index contributed by atoms with van der Waals surface area (Å²) < 4.78 is 0. The van der Waals surface area contributed by atoms with Crippen LogP contribution in [0.5, 0.6) is 0 Å². The van der Waals surface area contributed by atoms with E-state index in [4.69, 9.17) is 4.98 Å². The average molecular weight is 301 g/mol. The van der Waals surface area contributed by atoms with Gasteiger partial charge in [0, 0.05) is 24.2 Å². The lowest BCUT2D eigenvalue weighted by Crippen LogP contribution is -2.33. The summed E-state index contributed by atoms with van der Waals surface area (Å²) in [6.07, 6.45) is 1.19. The molecule has 0 amide bonds. The molecule has 4 heteroatoms. The molecule has 0 radical (unpaired) electrons. The number of hydrogen-bond acceptors (Lipinski definition) is 4. The van der Waals surface area contributed by atoms with Gasteiger partial charge >= 0.3 is 0 Å². The molecule has 1 atom stereocenters. The molecule has 1 aliphatic rings. The second-order valence-electron chi connectivity index (χ2n) is 5.83. The van der Waals surface area contributed by atoms with Crippen molar-refractivity contribution in [2.45, 2.75) is 33.4 Å². The van der Waals surface area contributed by atoms with Crippen LogP contribution in [0.1, 0.15) is 30.1 Å². The first kappa shape index (κ1) is 14.5. The zero-order valence-electron chi connectivity index (χ0n) is 12.8. The van der Waals surface area contributed by atoms with E-state index in [1.807, 2.05) is 0 Å². The van der Waals surface area contributed by atoms with Gasteiger partial charge in [-0.05, 0) is 30.5 Å². The highest BCUT2D eigenvalue weighted by Gasteiger charge is 2.21. The topological polar surface area (TPSA) is 28.2 Å². The van der Waals surface area contributed by atoms with Crippen molar-refractivity contribution in [3.8, 4) is 0 Å². The Labute approximate surface area is 131 Å². The molecule has 2 heterocycles. The maximum Gasteiger partial charge on any atom is 0.107 e. The molecule has 1 N–H and O–H groups in total. The number of nitrogens with one attached hydrogen (secondary N) is 1. The molecule has 3 nitrogen and oxygen atoms in total. The van der Waals surface area contributed by atoms with E-state index >= 15 is 0 Å². The van der Waals surface area contributed by atoms with Crippen LogP contribution in [-0.2, 0) is 19.5 Å². The highest BCUT2D eigenvalue weighted by Crippen LogP contribution is 2.30. The minimum atomic E-state index is 0.708. The molecule has 1 aromatic heterocycles. The maximum atomic E-state index is 4.75. The molecule has 3 rings (SSSR count). The lowest BCUT2D eigenvalue weighted by Gasteiger charge is -2.34. The fourth-order valence-electron chi connectivity index (χ4n) is 2.99. The minimum absolute atomic E-state index is 0.708. The average Bonchev–Trinajstić information content (AvgIpc) is 2.92. The summed E-state index contributed by atoms with van der Waals surface area (Å²) in [7, 11) is 0. The predicted molar refractivity (Wildman–Crippen MR) is 89.9 cm³/mol. The van der Waals surface area contributed by atoms with E-state index in [0.29, 0.717) is 5.92 Å². The standard InChI is InChI=1S/C17H23N3S/c1-3-18-9-17-19-15(12-21-17)11-20-10-13(2)8-14-6-4-5-7-16(14)20/h4-7,12-13,18H,3,8-11H2,1-2H3. The van der Waals surface area contributed by atoms with Crippen molar-refractivity contribution in [3.05, 3.63) is 45.9 Å². The van der Waals surface area contributed by atoms with Gasteiger partial charge in [-0.1, -0.05) is 32.0 Å². The monoisotopic (exact) mass is 301 g/mol. The largest absolute Gasteiger partial charge is 0.365 e. The van der Waals surface area contributed by atoms with Crippen LogP contribution in [0.15, 0.2) is 29.6 Å². The first-order valence-electron chi connectivity index (χ1n) is 7.73. The lowest BCUT2D eigenvalue weighted by molar-refractivity contribution is 0.528. The van der Waals surface area contributed by atoms with Gasteiger partial charge in [0.25, 0.3) is 0 Å². The SMILES string of the molecule is CCNCc1nc(CN2CC(C)Cc3ccccc32)cs1. The zero-order valence-corrected chi connectivity index (χ0v) is 13.6. The number of fused-ring (bicyclic) bond motifs is 1. The molecular weight excluding hydrogens is 278 g/mol. The Balaban J connectivity index is 1.74. The second kappa shape index (κ2) is 6.58. The second-order valence-corrected chi connectivity index (χ2v) is 6.77. The Morgan fingerprint density at radius 3 is 3.10 bits per heavy atom. The van der Waals surface area contributed by atoms with Gasteiger partial charge in [0.1, 0.15) is 5.01 Å². The first-order chi connectivity index (χ1) is 10.3. The van der Waals surface area contributed by atoms with Crippen molar-refractivity contribution < 1.29 is 0 Å². The van der Waals surface area contributed by atoms with Crippen LogP contribution >= 0.6 is 11.3 Å². The van der Waals surface area contributed by atoms with Gasteiger partial charge in [-0.3, -0.25) is 0 Å². The van der Waals surface area contributed by atoms with Gasteiger partial charge in [0.2, 0.25) is 0 Å². The van der Waals surface area contributed by atoms with Crippen LogP contribution in [-0.4, -0.2) is 18.1 Å². The zero-order chi connectivity index (χ0) is 14.7. The number of benzene rings is 1. The van der Waals surface area contributed by atoms with Crippen molar-refractivity contribution in [1.29, 1.82) is 0 Å². The van der Waals surface area contributed by atoms with Crippen molar-refractivity contribution in [3.63, 3.8) is 0 Å². The maximum absolute atomic E-state index is 4.75. The third-order valence-corrected chi connectivity index (χ3v) is 4.81. The fourth-order valence-corrected chi connectivity index (χ4v) is 3.74. The van der Waals surface area contributed by atoms with E-state index in [9.17, 15) is 0 Å². The Kier molecular flexibility index (Phi) is 4.56. The number of anilines is 1. The van der Waals surface area contributed by atoms with E-state index in [-0.39, 0.29) is 0 Å². The fraction of sp³-hybridized carbons (Fsp3) is 0.471. The Morgan fingerprint density at radius 2 is 2.24 bits per heavy atom. The lowest BCUT2D eigenvalue weighted by atomic mass is 9.94. The van der Waals surface area contributed by atoms with Crippen LogP contribution < -0.4 is 10.2 Å². The smallest absolute Gasteiger partial charge is 0.107 e. The minimum Gasteiger partial charge on any atom is -0.365 e. The van der Waals surface area contributed by atoms with Crippen molar-refractivity contribution >= 4 is 17.0 Å². The van der Waals surface area contributed by atoms with E-state index in [2.05, 4.69) is 53.7 Å². The van der Waals surface area contributed by atoms with Crippen molar-refractivity contribution in [2.24, 2.45) is 5.92 Å².